The van der Waals surface area contributed by atoms with E-state index < -0.39 is 0 Å². The maximum Gasteiger partial charge on any atom is 0.258 e. The Bertz CT molecular complexity index is 1060. The zero-order valence-electron chi connectivity index (χ0n) is 15.5. The summed E-state index contributed by atoms with van der Waals surface area (Å²) in [6.07, 6.45) is -0.243. The van der Waals surface area contributed by atoms with Crippen molar-refractivity contribution in [2.24, 2.45) is 0 Å². The molecule has 0 radical (unpaired) electrons. The van der Waals surface area contributed by atoms with Crippen LogP contribution in [-0.4, -0.2) is 17.6 Å². The Labute approximate surface area is 163 Å². The molecule has 2 heterocycles. The second-order valence-electron chi connectivity index (χ2n) is 7.13. The van der Waals surface area contributed by atoms with Gasteiger partial charge in [0, 0.05) is 12.2 Å². The van der Waals surface area contributed by atoms with E-state index in [1.165, 1.54) is 0 Å². The molecule has 1 atom stereocenters. The van der Waals surface area contributed by atoms with Crippen LogP contribution in [0.5, 0.6) is 11.5 Å². The molecule has 1 unspecified atom stereocenters. The first-order chi connectivity index (χ1) is 13.7. The molecule has 0 fully saturated rings. The maximum absolute atomic E-state index is 13.4. The Morgan fingerprint density at radius 3 is 2.75 bits per heavy atom. The highest BCUT2D eigenvalue weighted by Gasteiger charge is 2.33. The lowest BCUT2D eigenvalue weighted by Crippen LogP contribution is -2.42. The largest absolute Gasteiger partial charge is 0.454 e. The summed E-state index contributed by atoms with van der Waals surface area (Å²) in [6, 6.07) is 21.7. The molecule has 2 aliphatic rings. The fourth-order valence-electron chi connectivity index (χ4n) is 3.80. The first-order valence-corrected chi connectivity index (χ1v) is 9.31. The molecule has 5 heteroatoms. The molecule has 0 saturated heterocycles. The van der Waals surface area contributed by atoms with Gasteiger partial charge in [-0.05, 0) is 42.3 Å². The fourth-order valence-corrected chi connectivity index (χ4v) is 3.80. The van der Waals surface area contributed by atoms with Crippen LogP contribution in [0.1, 0.15) is 33.2 Å². The van der Waals surface area contributed by atoms with Crippen molar-refractivity contribution in [2.45, 2.75) is 19.6 Å². The van der Waals surface area contributed by atoms with Crippen LogP contribution in [0.4, 0.5) is 5.69 Å². The van der Waals surface area contributed by atoms with Crippen molar-refractivity contribution in [3.05, 3.63) is 89.0 Å². The molecule has 0 aliphatic carbocycles. The average Bonchev–Trinajstić information content (AvgIpc) is 3.18. The van der Waals surface area contributed by atoms with Crippen LogP contribution in [-0.2, 0) is 6.54 Å². The minimum atomic E-state index is -0.243. The number of hydrogen-bond acceptors (Lipinski definition) is 4. The van der Waals surface area contributed by atoms with E-state index >= 15 is 0 Å². The molecule has 2 aliphatic heterocycles. The van der Waals surface area contributed by atoms with Crippen molar-refractivity contribution in [3.8, 4) is 11.5 Å². The van der Waals surface area contributed by atoms with Crippen LogP contribution in [0, 0.1) is 6.92 Å². The first-order valence-electron chi connectivity index (χ1n) is 9.31. The van der Waals surface area contributed by atoms with Gasteiger partial charge >= 0.3 is 0 Å². The van der Waals surface area contributed by atoms with Crippen LogP contribution >= 0.6 is 0 Å². The molecule has 0 saturated carbocycles. The van der Waals surface area contributed by atoms with E-state index in [4.69, 9.17) is 9.47 Å². The second kappa shape index (κ2) is 6.60. The van der Waals surface area contributed by atoms with Gasteiger partial charge in [-0.15, -0.1) is 0 Å². The predicted octanol–water partition coefficient (Wildman–Crippen LogP) is 4.49. The van der Waals surface area contributed by atoms with Crippen molar-refractivity contribution < 1.29 is 14.3 Å². The maximum atomic E-state index is 13.4. The van der Waals surface area contributed by atoms with Gasteiger partial charge in [-0.3, -0.25) is 4.79 Å². The number of anilines is 1. The van der Waals surface area contributed by atoms with E-state index in [1.807, 2.05) is 53.4 Å². The van der Waals surface area contributed by atoms with Crippen molar-refractivity contribution in [1.82, 2.24) is 4.90 Å². The molecule has 28 heavy (non-hydrogen) atoms. The summed E-state index contributed by atoms with van der Waals surface area (Å²) in [5, 5.41) is 3.54. The number of amides is 1. The third-order valence-electron chi connectivity index (χ3n) is 5.17. The number of rotatable bonds is 3. The Kier molecular flexibility index (Phi) is 3.93. The molecule has 3 aromatic carbocycles. The van der Waals surface area contributed by atoms with Crippen molar-refractivity contribution in [1.29, 1.82) is 0 Å². The Morgan fingerprint density at radius 1 is 1.00 bits per heavy atom. The van der Waals surface area contributed by atoms with Crippen molar-refractivity contribution >= 4 is 11.6 Å². The molecule has 5 nitrogen and oxygen atoms in total. The highest BCUT2D eigenvalue weighted by Crippen LogP contribution is 2.37. The summed E-state index contributed by atoms with van der Waals surface area (Å²) in [5.74, 6) is 1.48. The predicted molar refractivity (Wildman–Crippen MR) is 106 cm³/mol. The average molecular weight is 372 g/mol. The van der Waals surface area contributed by atoms with Gasteiger partial charge in [-0.25, -0.2) is 0 Å². The number of benzene rings is 3. The standard InChI is InChI=1S/C23H20N2O3/c1-15-5-4-6-17(11-15)22-24-19-8-3-2-7-18(19)23(26)25(22)13-16-9-10-20-21(12-16)28-14-27-20/h2-12,22,24H,13-14H2,1H3. The van der Waals surface area contributed by atoms with Crippen LogP contribution in [0.3, 0.4) is 0 Å². The number of ether oxygens (including phenoxy) is 2. The zero-order chi connectivity index (χ0) is 19.1. The van der Waals surface area contributed by atoms with Gasteiger partial charge in [0.25, 0.3) is 5.91 Å². The third kappa shape index (κ3) is 2.85. The summed E-state index contributed by atoms with van der Waals surface area (Å²) >= 11 is 0. The molecule has 1 amide bonds. The van der Waals surface area contributed by atoms with E-state index in [0.29, 0.717) is 12.1 Å². The summed E-state index contributed by atoms with van der Waals surface area (Å²) in [5.41, 5.74) is 4.77. The Balaban J connectivity index is 1.54. The number of para-hydroxylation sites is 1. The first kappa shape index (κ1) is 16.7. The molecular weight excluding hydrogens is 352 g/mol. The van der Waals surface area contributed by atoms with Gasteiger partial charge in [-0.2, -0.15) is 0 Å². The summed E-state index contributed by atoms with van der Waals surface area (Å²) in [7, 11) is 0. The van der Waals surface area contributed by atoms with E-state index in [-0.39, 0.29) is 18.9 Å². The number of aryl methyl sites for hydroxylation is 1. The number of carbonyl (C=O) groups excluding carboxylic acids is 1. The number of fused-ring (bicyclic) bond motifs is 2. The number of carbonyl (C=O) groups is 1. The van der Waals surface area contributed by atoms with Gasteiger partial charge in [0.1, 0.15) is 6.17 Å². The number of hydrogen-bond donors (Lipinski definition) is 1. The molecule has 1 N–H and O–H groups in total. The van der Waals surface area contributed by atoms with E-state index in [9.17, 15) is 4.79 Å². The Hall–Kier alpha value is -3.47. The lowest BCUT2D eigenvalue weighted by Gasteiger charge is -2.38. The molecule has 0 bridgehead atoms. The van der Waals surface area contributed by atoms with Gasteiger partial charge in [0.05, 0.1) is 5.56 Å². The normalized spacial score (nSPS) is 17.2. The SMILES string of the molecule is Cc1cccc(C2Nc3ccccc3C(=O)N2Cc2ccc3c(c2)OCO3)c1. The van der Waals surface area contributed by atoms with Crippen LogP contribution in [0.15, 0.2) is 66.7 Å². The molecule has 5 rings (SSSR count). The van der Waals surface area contributed by atoms with Crippen LogP contribution in [0.2, 0.25) is 0 Å². The van der Waals surface area contributed by atoms with E-state index in [0.717, 1.165) is 33.9 Å². The van der Waals surface area contributed by atoms with E-state index in [1.54, 1.807) is 0 Å². The van der Waals surface area contributed by atoms with Crippen molar-refractivity contribution in [3.63, 3.8) is 0 Å². The van der Waals surface area contributed by atoms with Crippen LogP contribution in [0.25, 0.3) is 0 Å². The molecule has 0 aromatic heterocycles. The molecular formula is C23H20N2O3. The highest BCUT2D eigenvalue weighted by atomic mass is 16.7. The summed E-state index contributed by atoms with van der Waals surface area (Å²) in [6.45, 7) is 2.77. The van der Waals surface area contributed by atoms with Gasteiger partial charge in [-0.1, -0.05) is 48.0 Å². The summed E-state index contributed by atoms with van der Waals surface area (Å²) < 4.78 is 10.9. The number of nitrogens with zero attached hydrogens (tertiary/aromatic N) is 1. The fraction of sp³-hybridized carbons (Fsp3) is 0.174. The second-order valence-corrected chi connectivity index (χ2v) is 7.13. The number of nitrogens with one attached hydrogen (secondary N) is 1. The topological polar surface area (TPSA) is 50.8 Å². The molecule has 3 aromatic rings. The monoisotopic (exact) mass is 372 g/mol. The molecule has 0 spiro atoms. The summed E-state index contributed by atoms with van der Waals surface area (Å²) in [4.78, 5) is 15.2. The van der Waals surface area contributed by atoms with Gasteiger partial charge < -0.3 is 19.7 Å². The quantitative estimate of drug-likeness (QED) is 0.736. The smallest absolute Gasteiger partial charge is 0.258 e. The van der Waals surface area contributed by atoms with Crippen molar-refractivity contribution in [2.75, 3.05) is 12.1 Å². The third-order valence-corrected chi connectivity index (χ3v) is 5.17. The molecule has 140 valence electrons. The highest BCUT2D eigenvalue weighted by molar-refractivity contribution is 6.01. The van der Waals surface area contributed by atoms with Gasteiger partial charge in [0.2, 0.25) is 6.79 Å². The minimum absolute atomic E-state index is 0.0125. The Morgan fingerprint density at radius 2 is 1.86 bits per heavy atom. The van der Waals surface area contributed by atoms with Crippen LogP contribution < -0.4 is 14.8 Å². The lowest BCUT2D eigenvalue weighted by molar-refractivity contribution is 0.0666. The van der Waals surface area contributed by atoms with Gasteiger partial charge in [0.15, 0.2) is 11.5 Å². The lowest BCUT2D eigenvalue weighted by atomic mass is 10.0. The minimum Gasteiger partial charge on any atom is -0.454 e. The van der Waals surface area contributed by atoms with E-state index in [2.05, 4.69) is 30.4 Å². The zero-order valence-corrected chi connectivity index (χ0v) is 15.5.